The van der Waals surface area contributed by atoms with Crippen molar-refractivity contribution in [2.24, 2.45) is 23.2 Å². The molecule has 1 spiro atoms. The zero-order valence-corrected chi connectivity index (χ0v) is 27.9. The van der Waals surface area contributed by atoms with E-state index >= 15 is 0 Å². The lowest BCUT2D eigenvalue weighted by Crippen LogP contribution is -2.76. The van der Waals surface area contributed by atoms with E-state index in [1.807, 2.05) is 6.07 Å². The van der Waals surface area contributed by atoms with E-state index in [0.29, 0.717) is 18.8 Å². The van der Waals surface area contributed by atoms with Gasteiger partial charge in [0.2, 0.25) is 0 Å². The predicted octanol–water partition coefficient (Wildman–Crippen LogP) is 4.52. The van der Waals surface area contributed by atoms with Gasteiger partial charge in [-0.25, -0.2) is 0 Å². The number of fused-ring (bicyclic) bond motifs is 10. The highest BCUT2D eigenvalue weighted by Crippen LogP contribution is 2.75. The number of hydrogen-bond acceptors (Lipinski definition) is 7. The Morgan fingerprint density at radius 2 is 1.71 bits per heavy atom. The number of rotatable bonds is 1. The van der Waals surface area contributed by atoms with E-state index in [1.165, 1.54) is 16.6 Å². The second-order valence-corrected chi connectivity index (χ2v) is 17.8. The summed E-state index contributed by atoms with van der Waals surface area (Å²) in [6, 6.07) is 4.11. The highest BCUT2D eigenvalue weighted by Gasteiger charge is 2.86. The fourth-order valence-electron chi connectivity index (χ4n) is 12.6. The number of carbonyl (C=O) groups excluding carboxylic acids is 1. The average molecular weight is 620 g/mol. The summed E-state index contributed by atoms with van der Waals surface area (Å²) in [6.07, 6.45) is 1.78. The Morgan fingerprint density at radius 3 is 2.42 bits per heavy atom. The first-order valence-corrected chi connectivity index (χ1v) is 17.2. The number of benzene rings is 1. The maximum atomic E-state index is 14.2. The zero-order chi connectivity index (χ0) is 32.1. The molecule has 1 unspecified atom stereocenters. The van der Waals surface area contributed by atoms with Crippen LogP contribution in [0.2, 0.25) is 0 Å². The molecule has 2 aromatic rings. The number of H-pyrrole nitrogens is 1. The molecule has 11 atom stereocenters. The Balaban J connectivity index is 1.17. The van der Waals surface area contributed by atoms with Gasteiger partial charge in [0.15, 0.2) is 11.4 Å². The SMILES string of the molecule is CC(C)(O)[C@H]1O[C@H]2CC[C@@]3(C)[C@@](O)(CC[C@H]4Cc5c([nH]c6ccc7c(c56)C[C@H]5[C@@H](C7=O)C(C)(C)OC5(C)C)[C@@]43C)[C@]23OC3[C@@H]1O. The number of carbonyl (C=O) groups is 1. The lowest BCUT2D eigenvalue weighted by Gasteiger charge is -2.66. The van der Waals surface area contributed by atoms with E-state index in [1.54, 1.807) is 13.8 Å². The molecule has 3 aliphatic heterocycles. The zero-order valence-electron chi connectivity index (χ0n) is 27.9. The van der Waals surface area contributed by atoms with Crippen LogP contribution in [0.1, 0.15) is 108 Å². The van der Waals surface area contributed by atoms with E-state index in [-0.39, 0.29) is 23.0 Å². The minimum Gasteiger partial charge on any atom is -0.388 e. The minimum absolute atomic E-state index is 0.106. The first-order valence-electron chi connectivity index (χ1n) is 17.2. The lowest BCUT2D eigenvalue weighted by molar-refractivity contribution is -0.280. The number of aliphatic hydroxyl groups excluding tert-OH is 1. The monoisotopic (exact) mass is 619 g/mol. The van der Waals surface area contributed by atoms with Crippen molar-refractivity contribution in [3.05, 3.63) is 34.5 Å². The molecule has 8 heteroatoms. The molecule has 8 nitrogen and oxygen atoms in total. The number of aliphatic hydroxyl groups is 3. The predicted molar refractivity (Wildman–Crippen MR) is 167 cm³/mol. The van der Waals surface area contributed by atoms with E-state index in [0.717, 1.165) is 42.3 Å². The van der Waals surface area contributed by atoms with Crippen molar-refractivity contribution >= 4 is 16.7 Å². The quantitative estimate of drug-likeness (QED) is 0.346. The fraction of sp³-hybridized carbons (Fsp3) is 0.757. The number of Topliss-reactive ketones (excluding diaryl/α,β-unsaturated/α-hetero) is 1. The van der Waals surface area contributed by atoms with Crippen molar-refractivity contribution < 1.29 is 34.3 Å². The van der Waals surface area contributed by atoms with E-state index in [2.05, 4.69) is 52.6 Å². The number of hydrogen-bond donors (Lipinski definition) is 4. The van der Waals surface area contributed by atoms with Crippen LogP contribution in [0.4, 0.5) is 0 Å². The molecule has 4 N–H and O–H groups in total. The normalized spacial score (nSPS) is 48.5. The Kier molecular flexibility index (Phi) is 5.26. The van der Waals surface area contributed by atoms with Gasteiger partial charge in [0.05, 0.1) is 28.8 Å². The Morgan fingerprint density at radius 1 is 0.978 bits per heavy atom. The molecule has 1 aromatic heterocycles. The van der Waals surface area contributed by atoms with Crippen LogP contribution in [0.15, 0.2) is 12.1 Å². The van der Waals surface area contributed by atoms with Gasteiger partial charge in [0.25, 0.3) is 0 Å². The van der Waals surface area contributed by atoms with Crippen molar-refractivity contribution in [1.29, 1.82) is 0 Å². The van der Waals surface area contributed by atoms with Crippen LogP contribution >= 0.6 is 0 Å². The molecule has 45 heavy (non-hydrogen) atoms. The van der Waals surface area contributed by atoms with Crippen LogP contribution in [-0.2, 0) is 32.5 Å². The highest BCUT2D eigenvalue weighted by atomic mass is 16.7. The van der Waals surface area contributed by atoms with E-state index < -0.39 is 57.8 Å². The molecule has 0 bridgehead atoms. The smallest absolute Gasteiger partial charge is 0.169 e. The van der Waals surface area contributed by atoms with Crippen LogP contribution < -0.4 is 0 Å². The molecule has 244 valence electrons. The van der Waals surface area contributed by atoms with E-state index in [4.69, 9.17) is 14.2 Å². The summed E-state index contributed by atoms with van der Waals surface area (Å²) in [4.78, 5) is 18.0. The Bertz CT molecular complexity index is 1690. The van der Waals surface area contributed by atoms with Crippen LogP contribution in [0.25, 0.3) is 10.9 Å². The van der Waals surface area contributed by atoms with Crippen molar-refractivity contribution in [1.82, 2.24) is 4.98 Å². The first-order chi connectivity index (χ1) is 20.8. The summed E-state index contributed by atoms with van der Waals surface area (Å²) in [5.41, 5.74) is 0.255. The number of aromatic amines is 1. The molecule has 5 fully saturated rings. The van der Waals surface area contributed by atoms with Gasteiger partial charge in [-0.05, 0) is 109 Å². The van der Waals surface area contributed by atoms with Crippen LogP contribution in [0.3, 0.4) is 0 Å². The van der Waals surface area contributed by atoms with Gasteiger partial charge in [-0.1, -0.05) is 13.8 Å². The molecular weight excluding hydrogens is 570 g/mol. The topological polar surface area (TPSA) is 125 Å². The number of nitrogens with one attached hydrogen (secondary N) is 1. The molecule has 1 aromatic carbocycles. The van der Waals surface area contributed by atoms with Gasteiger partial charge in [0, 0.05) is 38.9 Å². The minimum atomic E-state index is -1.23. The summed E-state index contributed by atoms with van der Waals surface area (Å²) < 4.78 is 19.4. The van der Waals surface area contributed by atoms with Crippen LogP contribution in [-0.4, -0.2) is 78.5 Å². The summed E-state index contributed by atoms with van der Waals surface area (Å²) in [5.74, 6) is 0.467. The molecule has 9 rings (SSSR count). The maximum absolute atomic E-state index is 14.2. The first kappa shape index (κ1) is 29.3. The third kappa shape index (κ3) is 3.06. The molecule has 0 radical (unpaired) electrons. The van der Waals surface area contributed by atoms with Gasteiger partial charge in [-0.15, -0.1) is 0 Å². The number of ether oxygens (including phenoxy) is 3. The maximum Gasteiger partial charge on any atom is 0.169 e. The third-order valence-electron chi connectivity index (χ3n) is 14.8. The largest absolute Gasteiger partial charge is 0.388 e. The summed E-state index contributed by atoms with van der Waals surface area (Å²) in [6.45, 7) is 16.3. The van der Waals surface area contributed by atoms with Crippen LogP contribution in [0, 0.1) is 23.2 Å². The van der Waals surface area contributed by atoms with Gasteiger partial charge >= 0.3 is 0 Å². The molecule has 2 saturated carbocycles. The van der Waals surface area contributed by atoms with Gasteiger partial charge in [-0.2, -0.15) is 0 Å². The van der Waals surface area contributed by atoms with Crippen molar-refractivity contribution in [3.8, 4) is 0 Å². The molecule has 4 heterocycles. The highest BCUT2D eigenvalue weighted by molar-refractivity contribution is 6.06. The number of epoxide rings is 1. The lowest BCUT2D eigenvalue weighted by atomic mass is 9.40. The Hall–Kier alpha value is -1.81. The average Bonchev–Trinajstić information content (AvgIpc) is 3.44. The second kappa shape index (κ2) is 8.07. The standard InChI is InChI=1S/C37H49NO7/c1-31(2,41)29-27(40)30-37(44-30)23(43-29)12-13-34(7)35(8)17(11-14-36(34,37)42)15-20-24-19-16-21-25(33(5,6)45-32(21,3)4)26(39)18(19)9-10-22(24)38-28(20)35/h9-10,17,21,23,25,27,29-30,38,40-42H,11-16H2,1-8H3/t17-,21-,23-,25-,27+,29-,30?,34+,35+,36-,37-/m0/s1. The summed E-state index contributed by atoms with van der Waals surface area (Å²) in [5, 5.41) is 36.4. The summed E-state index contributed by atoms with van der Waals surface area (Å²) in [7, 11) is 0. The fourth-order valence-corrected chi connectivity index (χ4v) is 12.6. The van der Waals surface area contributed by atoms with Crippen molar-refractivity contribution in [2.75, 3.05) is 0 Å². The number of ketones is 1. The Labute approximate surface area is 265 Å². The summed E-state index contributed by atoms with van der Waals surface area (Å²) >= 11 is 0. The molecule has 4 aliphatic carbocycles. The van der Waals surface area contributed by atoms with Gasteiger partial charge in [0.1, 0.15) is 23.9 Å². The molecule has 3 saturated heterocycles. The van der Waals surface area contributed by atoms with Crippen molar-refractivity contribution in [2.45, 2.75) is 152 Å². The number of aromatic nitrogens is 1. The molecular formula is C37H49NO7. The van der Waals surface area contributed by atoms with Crippen molar-refractivity contribution in [3.63, 3.8) is 0 Å². The van der Waals surface area contributed by atoms with Crippen LogP contribution in [0.5, 0.6) is 0 Å². The third-order valence-corrected chi connectivity index (χ3v) is 14.8. The molecule has 0 amide bonds. The second-order valence-electron chi connectivity index (χ2n) is 17.8. The molecule has 7 aliphatic rings. The van der Waals surface area contributed by atoms with Gasteiger partial charge < -0.3 is 34.5 Å². The van der Waals surface area contributed by atoms with Gasteiger partial charge in [-0.3, -0.25) is 4.79 Å². The van der Waals surface area contributed by atoms with E-state index in [9.17, 15) is 20.1 Å².